The Morgan fingerprint density at radius 3 is 2.49 bits per heavy atom. The molecule has 0 radical (unpaired) electrons. The van der Waals surface area contributed by atoms with Gasteiger partial charge in [0.1, 0.15) is 17.8 Å². The molecule has 196 valence electrons. The van der Waals surface area contributed by atoms with Crippen molar-refractivity contribution < 1.29 is 23.9 Å². The van der Waals surface area contributed by atoms with E-state index in [1.165, 1.54) is 0 Å². The van der Waals surface area contributed by atoms with E-state index in [4.69, 9.17) is 9.47 Å². The molecule has 8 nitrogen and oxygen atoms in total. The number of carbonyl (C=O) groups excluding carboxylic acids is 3. The Kier molecular flexibility index (Phi) is 11.0. The van der Waals surface area contributed by atoms with Crippen molar-refractivity contribution in [3.8, 4) is 11.5 Å². The first-order chi connectivity index (χ1) is 18.1. The smallest absolute Gasteiger partial charge is 0.237 e. The Morgan fingerprint density at radius 2 is 1.76 bits per heavy atom. The van der Waals surface area contributed by atoms with Crippen molar-refractivity contribution in [2.24, 2.45) is 0 Å². The molecule has 0 aliphatic heterocycles. The van der Waals surface area contributed by atoms with Crippen LogP contribution in [-0.4, -0.2) is 61.7 Å². The minimum absolute atomic E-state index is 0.169. The van der Waals surface area contributed by atoms with Gasteiger partial charge in [-0.1, -0.05) is 24.3 Å². The molecule has 0 aliphatic rings. The number of fused-ring (bicyclic) bond motifs is 1. The van der Waals surface area contributed by atoms with Crippen molar-refractivity contribution in [2.75, 3.05) is 27.3 Å². The summed E-state index contributed by atoms with van der Waals surface area (Å²) in [4.78, 5) is 41.1. The molecule has 2 aromatic carbocycles. The molecular weight excluding hydrogens is 470 g/mol. The molecule has 0 saturated heterocycles. The van der Waals surface area contributed by atoms with Gasteiger partial charge in [-0.2, -0.15) is 0 Å². The fourth-order valence-electron chi connectivity index (χ4n) is 4.24. The molecule has 0 aliphatic carbocycles. The van der Waals surface area contributed by atoms with Gasteiger partial charge in [-0.3, -0.25) is 19.5 Å². The third-order valence-electron chi connectivity index (χ3n) is 6.26. The van der Waals surface area contributed by atoms with Gasteiger partial charge in [0.05, 0.1) is 24.8 Å². The highest BCUT2D eigenvalue weighted by atomic mass is 16.5. The van der Waals surface area contributed by atoms with Gasteiger partial charge in [0.2, 0.25) is 5.91 Å². The van der Waals surface area contributed by atoms with Gasteiger partial charge in [0, 0.05) is 42.7 Å². The van der Waals surface area contributed by atoms with Crippen molar-refractivity contribution in [2.45, 2.75) is 44.7 Å². The Labute approximate surface area is 218 Å². The zero-order valence-electron chi connectivity index (χ0n) is 21.5. The highest BCUT2D eigenvalue weighted by Crippen LogP contribution is 2.26. The number of hydrogen-bond donors (Lipinski definition) is 1. The average Bonchev–Trinajstić information content (AvgIpc) is 2.93. The van der Waals surface area contributed by atoms with Crippen molar-refractivity contribution in [3.05, 3.63) is 65.9 Å². The zero-order valence-corrected chi connectivity index (χ0v) is 21.5. The molecule has 0 bridgehead atoms. The van der Waals surface area contributed by atoms with Crippen LogP contribution in [0.5, 0.6) is 11.5 Å². The first-order valence-electron chi connectivity index (χ1n) is 12.6. The van der Waals surface area contributed by atoms with Gasteiger partial charge in [0.25, 0.3) is 0 Å². The van der Waals surface area contributed by atoms with Crippen LogP contribution >= 0.6 is 0 Å². The molecular formula is C29H35N3O5. The third kappa shape index (κ3) is 7.85. The van der Waals surface area contributed by atoms with Crippen LogP contribution in [0.3, 0.4) is 0 Å². The summed E-state index contributed by atoms with van der Waals surface area (Å²) < 4.78 is 12.0. The monoisotopic (exact) mass is 505 g/mol. The predicted octanol–water partition coefficient (Wildman–Crippen LogP) is 4.20. The Balaban J connectivity index is 1.51. The number of para-hydroxylation sites is 1. The molecule has 8 heteroatoms. The first kappa shape index (κ1) is 27.8. The molecule has 3 aromatic rings. The van der Waals surface area contributed by atoms with E-state index in [1.54, 1.807) is 25.4 Å². The minimum Gasteiger partial charge on any atom is -0.493 e. The molecule has 1 aromatic heterocycles. The molecule has 1 atom stereocenters. The summed E-state index contributed by atoms with van der Waals surface area (Å²) in [5.74, 6) is 1.30. The number of unbranched alkanes of at least 4 members (excludes halogenated alkanes) is 2. The summed E-state index contributed by atoms with van der Waals surface area (Å²) >= 11 is 0. The number of pyridine rings is 1. The summed E-state index contributed by atoms with van der Waals surface area (Å²) in [5.41, 5.74) is 2.17. The second kappa shape index (κ2) is 14.7. The van der Waals surface area contributed by atoms with E-state index in [9.17, 15) is 14.4 Å². The van der Waals surface area contributed by atoms with Crippen LogP contribution in [0.4, 0.5) is 0 Å². The molecule has 0 fully saturated rings. The topological polar surface area (TPSA) is 97.8 Å². The lowest BCUT2D eigenvalue weighted by atomic mass is 10.0. The van der Waals surface area contributed by atoms with E-state index < -0.39 is 6.04 Å². The summed E-state index contributed by atoms with van der Waals surface area (Å²) in [6.45, 7) is 1.45. The van der Waals surface area contributed by atoms with Crippen LogP contribution < -0.4 is 14.8 Å². The second-order valence-electron chi connectivity index (χ2n) is 8.81. The van der Waals surface area contributed by atoms with Gasteiger partial charge < -0.3 is 19.6 Å². The molecule has 1 amide bonds. The molecule has 37 heavy (non-hydrogen) atoms. The largest absolute Gasteiger partial charge is 0.493 e. The van der Waals surface area contributed by atoms with E-state index >= 15 is 0 Å². The highest BCUT2D eigenvalue weighted by molar-refractivity contribution is 5.84. The quantitative estimate of drug-likeness (QED) is 0.230. The number of amides is 1. The maximum Gasteiger partial charge on any atom is 0.237 e. The number of carbonyl (C=O) groups is 3. The van der Waals surface area contributed by atoms with Gasteiger partial charge in [-0.25, -0.2) is 0 Å². The standard InChI is InChI=1S/C29H35N3O5/c1-30-29(35)26(13-9-17-33)32(2)20-24-22(21-34)10-8-14-27(24)36-18-6-3-7-19-37-28-15-16-31-25-12-5-4-11-23(25)28/h4-5,8,10-12,14-17,21,26H,3,6-7,9,13,18-20H2,1-2H3,(H,30,35). The van der Waals surface area contributed by atoms with Gasteiger partial charge in [-0.15, -0.1) is 0 Å². The molecule has 0 saturated carbocycles. The molecule has 1 unspecified atom stereocenters. The normalized spacial score (nSPS) is 11.8. The number of rotatable bonds is 16. The average molecular weight is 506 g/mol. The predicted molar refractivity (Wildman–Crippen MR) is 143 cm³/mol. The number of nitrogens with zero attached hydrogens (tertiary/aromatic N) is 2. The summed E-state index contributed by atoms with van der Waals surface area (Å²) in [6, 6.07) is 14.7. The van der Waals surface area contributed by atoms with Crippen LogP contribution in [0.15, 0.2) is 54.7 Å². The maximum absolute atomic E-state index is 12.4. The Bertz CT molecular complexity index is 1180. The van der Waals surface area contributed by atoms with E-state index in [1.807, 2.05) is 48.3 Å². The Hall–Kier alpha value is -3.78. The Morgan fingerprint density at radius 1 is 1.00 bits per heavy atom. The maximum atomic E-state index is 12.4. The molecule has 1 heterocycles. The van der Waals surface area contributed by atoms with Gasteiger partial charge in [-0.05, 0) is 57.0 Å². The SMILES string of the molecule is CNC(=O)C(CCC=O)N(C)Cc1c(C=O)cccc1OCCCCCOc1ccnc2ccccc12. The number of benzene rings is 2. The van der Waals surface area contributed by atoms with Crippen LogP contribution in [0.25, 0.3) is 10.9 Å². The van der Waals surface area contributed by atoms with Crippen LogP contribution in [0.1, 0.15) is 48.0 Å². The molecule has 0 spiro atoms. The number of nitrogens with one attached hydrogen (secondary N) is 1. The lowest BCUT2D eigenvalue weighted by Gasteiger charge is -2.27. The van der Waals surface area contributed by atoms with Crippen LogP contribution in [-0.2, 0) is 16.1 Å². The first-order valence-corrected chi connectivity index (χ1v) is 12.6. The van der Waals surface area contributed by atoms with Gasteiger partial charge in [0.15, 0.2) is 6.29 Å². The zero-order chi connectivity index (χ0) is 26.5. The van der Waals surface area contributed by atoms with E-state index in [0.29, 0.717) is 37.5 Å². The van der Waals surface area contributed by atoms with Crippen molar-refractivity contribution in [1.82, 2.24) is 15.2 Å². The van der Waals surface area contributed by atoms with E-state index in [0.717, 1.165) is 54.1 Å². The van der Waals surface area contributed by atoms with Crippen molar-refractivity contribution >= 4 is 29.4 Å². The lowest BCUT2D eigenvalue weighted by molar-refractivity contribution is -0.126. The summed E-state index contributed by atoms with van der Waals surface area (Å²) in [7, 11) is 3.38. The number of hydrogen-bond acceptors (Lipinski definition) is 7. The second-order valence-corrected chi connectivity index (χ2v) is 8.81. The number of aldehydes is 2. The summed E-state index contributed by atoms with van der Waals surface area (Å²) in [6.07, 6.45) is 6.69. The molecule has 1 N–H and O–H groups in total. The highest BCUT2D eigenvalue weighted by Gasteiger charge is 2.24. The van der Waals surface area contributed by atoms with Crippen LogP contribution in [0, 0.1) is 0 Å². The third-order valence-corrected chi connectivity index (χ3v) is 6.26. The minimum atomic E-state index is -0.486. The van der Waals surface area contributed by atoms with E-state index in [-0.39, 0.29) is 12.3 Å². The lowest BCUT2D eigenvalue weighted by Crippen LogP contribution is -2.43. The van der Waals surface area contributed by atoms with Crippen LogP contribution in [0.2, 0.25) is 0 Å². The van der Waals surface area contributed by atoms with Gasteiger partial charge >= 0.3 is 0 Å². The number of likely N-dealkylation sites (N-methyl/N-ethyl adjacent to an activating group) is 2. The fourth-order valence-corrected chi connectivity index (χ4v) is 4.24. The number of aromatic nitrogens is 1. The fraction of sp³-hybridized carbons (Fsp3) is 0.379. The summed E-state index contributed by atoms with van der Waals surface area (Å²) in [5, 5.41) is 3.66. The van der Waals surface area contributed by atoms with Crippen molar-refractivity contribution in [3.63, 3.8) is 0 Å². The molecule has 3 rings (SSSR count). The number of ether oxygens (including phenoxy) is 2. The van der Waals surface area contributed by atoms with E-state index in [2.05, 4.69) is 10.3 Å². The van der Waals surface area contributed by atoms with Crippen molar-refractivity contribution in [1.29, 1.82) is 0 Å².